The molecule has 24 heavy (non-hydrogen) atoms. The van der Waals surface area contributed by atoms with Crippen molar-refractivity contribution in [2.75, 3.05) is 18.4 Å². The second-order valence-electron chi connectivity index (χ2n) is 4.95. The third kappa shape index (κ3) is 5.17. The number of nitro benzene ring substituents is 1. The van der Waals surface area contributed by atoms with Gasteiger partial charge in [0.2, 0.25) is 5.91 Å². The number of para-hydroxylation sites is 2. The van der Waals surface area contributed by atoms with E-state index in [9.17, 15) is 19.7 Å². The number of ketones is 1. The average Bonchev–Trinajstić information content (AvgIpc) is 3.11. The lowest BCUT2D eigenvalue weighted by Crippen LogP contribution is -2.29. The molecule has 0 aliphatic rings. The van der Waals surface area contributed by atoms with E-state index in [1.54, 1.807) is 30.3 Å². The van der Waals surface area contributed by atoms with Gasteiger partial charge in [-0.3, -0.25) is 19.7 Å². The van der Waals surface area contributed by atoms with Gasteiger partial charge in [-0.2, -0.15) is 0 Å². The van der Waals surface area contributed by atoms with Crippen LogP contribution in [0.3, 0.4) is 0 Å². The first-order valence-electron chi connectivity index (χ1n) is 7.38. The zero-order valence-corrected chi connectivity index (χ0v) is 13.7. The topological polar surface area (TPSA) is 101 Å². The Kier molecular flexibility index (Phi) is 6.44. The summed E-state index contributed by atoms with van der Waals surface area (Å²) >= 11 is 1.36. The molecule has 126 valence electrons. The number of carbonyl (C=O) groups excluding carboxylic acids is 2. The molecule has 1 amide bonds. The van der Waals surface area contributed by atoms with Crippen molar-refractivity contribution in [3.05, 3.63) is 56.8 Å². The first kappa shape index (κ1) is 17.6. The molecule has 2 N–H and O–H groups in total. The lowest BCUT2D eigenvalue weighted by atomic mass is 10.2. The lowest BCUT2D eigenvalue weighted by Gasteiger charge is -2.08. The van der Waals surface area contributed by atoms with Crippen LogP contribution >= 0.6 is 11.3 Å². The monoisotopic (exact) mass is 347 g/mol. The van der Waals surface area contributed by atoms with E-state index >= 15 is 0 Å². The molecule has 7 nitrogen and oxygen atoms in total. The number of amides is 1. The van der Waals surface area contributed by atoms with Crippen molar-refractivity contribution in [2.45, 2.75) is 12.8 Å². The van der Waals surface area contributed by atoms with Gasteiger partial charge in [-0.15, -0.1) is 11.3 Å². The Morgan fingerprint density at radius 1 is 1.08 bits per heavy atom. The van der Waals surface area contributed by atoms with Gasteiger partial charge in [-0.05, 0) is 17.5 Å². The predicted octanol–water partition coefficient (Wildman–Crippen LogP) is 2.85. The van der Waals surface area contributed by atoms with E-state index in [1.165, 1.54) is 17.4 Å². The van der Waals surface area contributed by atoms with E-state index in [0.29, 0.717) is 23.7 Å². The highest BCUT2D eigenvalue weighted by molar-refractivity contribution is 7.12. The molecule has 0 aliphatic heterocycles. The molecule has 0 spiro atoms. The summed E-state index contributed by atoms with van der Waals surface area (Å²) in [5, 5.41) is 18.3. The molecule has 0 radical (unpaired) electrons. The van der Waals surface area contributed by atoms with Crippen LogP contribution < -0.4 is 10.6 Å². The summed E-state index contributed by atoms with van der Waals surface area (Å²) in [6, 6.07) is 9.85. The van der Waals surface area contributed by atoms with Gasteiger partial charge in [0.05, 0.1) is 9.80 Å². The third-order valence-electron chi connectivity index (χ3n) is 3.24. The second-order valence-corrected chi connectivity index (χ2v) is 5.90. The molecule has 2 rings (SSSR count). The van der Waals surface area contributed by atoms with E-state index in [4.69, 9.17) is 0 Å². The summed E-state index contributed by atoms with van der Waals surface area (Å²) in [5.74, 6) is -0.262. The standard InChI is InChI=1S/C16H17N3O4S/c20-14(15-6-3-11-24-15)7-8-16(21)18-10-9-17-12-4-1-2-5-13(12)19(22)23/h1-6,11,17H,7-10H2,(H,18,21). The Morgan fingerprint density at radius 2 is 1.88 bits per heavy atom. The first-order valence-corrected chi connectivity index (χ1v) is 8.26. The van der Waals surface area contributed by atoms with Crippen LogP contribution in [-0.2, 0) is 4.79 Å². The Morgan fingerprint density at radius 3 is 2.58 bits per heavy atom. The van der Waals surface area contributed by atoms with Crippen molar-refractivity contribution < 1.29 is 14.5 Å². The summed E-state index contributed by atoms with van der Waals surface area (Å²) in [7, 11) is 0. The fraction of sp³-hybridized carbons (Fsp3) is 0.250. The molecular formula is C16H17N3O4S. The predicted molar refractivity (Wildman–Crippen MR) is 92.5 cm³/mol. The number of rotatable bonds is 9. The number of nitrogens with zero attached hydrogens (tertiary/aromatic N) is 1. The quantitative estimate of drug-likeness (QED) is 0.314. The van der Waals surface area contributed by atoms with Gasteiger partial charge in [-0.1, -0.05) is 18.2 Å². The van der Waals surface area contributed by atoms with Crippen LogP contribution in [0.4, 0.5) is 11.4 Å². The minimum atomic E-state index is -0.461. The van der Waals surface area contributed by atoms with Crippen molar-refractivity contribution in [2.24, 2.45) is 0 Å². The summed E-state index contributed by atoms with van der Waals surface area (Å²) in [6.45, 7) is 0.674. The number of Topliss-reactive ketones (excluding diaryl/α,β-unsaturated/α-hetero) is 1. The normalized spacial score (nSPS) is 10.2. The third-order valence-corrected chi connectivity index (χ3v) is 4.15. The number of nitro groups is 1. The molecule has 0 saturated heterocycles. The van der Waals surface area contributed by atoms with Crippen molar-refractivity contribution in [1.29, 1.82) is 0 Å². The van der Waals surface area contributed by atoms with Crippen LogP contribution in [0.25, 0.3) is 0 Å². The number of thiophene rings is 1. The van der Waals surface area contributed by atoms with Crippen molar-refractivity contribution in [3.8, 4) is 0 Å². The average molecular weight is 347 g/mol. The Hall–Kier alpha value is -2.74. The number of hydrogen-bond acceptors (Lipinski definition) is 6. The molecular weight excluding hydrogens is 330 g/mol. The van der Waals surface area contributed by atoms with Crippen molar-refractivity contribution in [3.63, 3.8) is 0 Å². The Bertz CT molecular complexity index is 716. The largest absolute Gasteiger partial charge is 0.378 e. The summed E-state index contributed by atoms with van der Waals surface area (Å²) in [4.78, 5) is 34.6. The summed E-state index contributed by atoms with van der Waals surface area (Å²) < 4.78 is 0. The number of benzene rings is 1. The van der Waals surface area contributed by atoms with Gasteiger partial charge in [0.25, 0.3) is 5.69 Å². The Labute approximate surface area is 142 Å². The maximum Gasteiger partial charge on any atom is 0.292 e. The number of carbonyl (C=O) groups is 2. The molecule has 0 aliphatic carbocycles. The van der Waals surface area contributed by atoms with E-state index < -0.39 is 4.92 Å². The van der Waals surface area contributed by atoms with Crippen LogP contribution in [-0.4, -0.2) is 29.7 Å². The molecule has 0 atom stereocenters. The smallest absolute Gasteiger partial charge is 0.292 e. The molecule has 0 bridgehead atoms. The molecule has 1 heterocycles. The molecule has 1 aromatic carbocycles. The van der Waals surface area contributed by atoms with Gasteiger partial charge in [0.15, 0.2) is 5.78 Å². The molecule has 0 unspecified atom stereocenters. The fourth-order valence-corrected chi connectivity index (χ4v) is 2.75. The fourth-order valence-electron chi connectivity index (χ4n) is 2.06. The number of nitrogens with one attached hydrogen (secondary N) is 2. The minimum absolute atomic E-state index is 0.00892. The van der Waals surface area contributed by atoms with Crippen LogP contribution in [0, 0.1) is 10.1 Å². The van der Waals surface area contributed by atoms with Gasteiger partial charge < -0.3 is 10.6 Å². The Balaban J connectivity index is 1.68. The minimum Gasteiger partial charge on any atom is -0.378 e. The van der Waals surface area contributed by atoms with Crippen LogP contribution in [0.5, 0.6) is 0 Å². The van der Waals surface area contributed by atoms with Crippen molar-refractivity contribution in [1.82, 2.24) is 5.32 Å². The molecule has 2 aromatic rings. The molecule has 8 heteroatoms. The molecule has 0 saturated carbocycles. The zero-order chi connectivity index (χ0) is 17.4. The van der Waals surface area contributed by atoms with Gasteiger partial charge in [0, 0.05) is 32.0 Å². The second kappa shape index (κ2) is 8.78. The van der Waals surface area contributed by atoms with Crippen LogP contribution in [0.15, 0.2) is 41.8 Å². The van der Waals surface area contributed by atoms with Gasteiger partial charge in [-0.25, -0.2) is 0 Å². The maximum absolute atomic E-state index is 11.8. The van der Waals surface area contributed by atoms with Gasteiger partial charge >= 0.3 is 0 Å². The highest BCUT2D eigenvalue weighted by Crippen LogP contribution is 2.22. The molecule has 0 fully saturated rings. The summed E-state index contributed by atoms with van der Waals surface area (Å²) in [5.41, 5.74) is 0.398. The van der Waals surface area contributed by atoms with E-state index in [1.807, 2.05) is 5.38 Å². The first-order chi connectivity index (χ1) is 11.6. The highest BCUT2D eigenvalue weighted by atomic mass is 32.1. The SMILES string of the molecule is O=C(CCC(=O)c1cccs1)NCCNc1ccccc1[N+](=O)[O-]. The van der Waals surface area contributed by atoms with E-state index in [0.717, 1.165) is 0 Å². The highest BCUT2D eigenvalue weighted by Gasteiger charge is 2.12. The van der Waals surface area contributed by atoms with E-state index in [2.05, 4.69) is 10.6 Å². The number of hydrogen-bond donors (Lipinski definition) is 2. The summed E-state index contributed by atoms with van der Waals surface area (Å²) in [6.07, 6.45) is 0.298. The van der Waals surface area contributed by atoms with Crippen molar-refractivity contribution >= 4 is 34.4 Å². The lowest BCUT2D eigenvalue weighted by molar-refractivity contribution is -0.384. The zero-order valence-electron chi connectivity index (χ0n) is 12.9. The van der Waals surface area contributed by atoms with Crippen LogP contribution in [0.1, 0.15) is 22.5 Å². The van der Waals surface area contributed by atoms with Crippen LogP contribution in [0.2, 0.25) is 0 Å². The van der Waals surface area contributed by atoms with E-state index in [-0.39, 0.29) is 30.2 Å². The van der Waals surface area contributed by atoms with Gasteiger partial charge in [0.1, 0.15) is 5.69 Å². The maximum atomic E-state index is 11.8. The number of anilines is 1. The molecule has 1 aromatic heterocycles.